The molecule has 4 rings (SSSR count). The zero-order chi connectivity index (χ0) is 19.2. The predicted molar refractivity (Wildman–Crippen MR) is 116 cm³/mol. The number of hydrogen-bond acceptors (Lipinski definition) is 1. The molecular weight excluding hydrogens is 342 g/mol. The van der Waals surface area contributed by atoms with Gasteiger partial charge in [-0.15, -0.1) is 0 Å². The first-order valence-corrected chi connectivity index (χ1v) is 9.69. The number of carbonyl (C=O) groups excluding carboxylic acids is 1. The van der Waals surface area contributed by atoms with Gasteiger partial charge in [0.05, 0.1) is 0 Å². The molecule has 0 aromatic heterocycles. The average molecular weight is 365 g/mol. The van der Waals surface area contributed by atoms with Crippen molar-refractivity contribution in [3.05, 3.63) is 120 Å². The summed E-state index contributed by atoms with van der Waals surface area (Å²) in [5, 5.41) is 5.20. The van der Waals surface area contributed by atoms with Gasteiger partial charge in [-0.25, -0.2) is 0 Å². The van der Waals surface area contributed by atoms with Crippen molar-refractivity contribution in [2.75, 3.05) is 6.54 Å². The number of benzene rings is 4. The molecule has 0 aliphatic heterocycles. The average Bonchev–Trinajstić information content (AvgIpc) is 2.77. The fourth-order valence-electron chi connectivity index (χ4n) is 3.75. The third-order valence-electron chi connectivity index (χ3n) is 5.16. The van der Waals surface area contributed by atoms with Gasteiger partial charge < -0.3 is 5.32 Å². The summed E-state index contributed by atoms with van der Waals surface area (Å²) >= 11 is 0. The molecule has 0 aliphatic rings. The van der Waals surface area contributed by atoms with Crippen molar-refractivity contribution in [1.82, 2.24) is 5.32 Å². The van der Waals surface area contributed by atoms with Gasteiger partial charge in [-0.2, -0.15) is 0 Å². The number of hydrogen-bond donors (Lipinski definition) is 1. The normalized spacial score (nSPS) is 10.9. The van der Waals surface area contributed by atoms with E-state index in [9.17, 15) is 4.79 Å². The van der Waals surface area contributed by atoms with Crippen molar-refractivity contribution in [2.24, 2.45) is 0 Å². The molecule has 0 bridgehead atoms. The van der Waals surface area contributed by atoms with Gasteiger partial charge in [-0.3, -0.25) is 4.79 Å². The number of nitrogens with one attached hydrogen (secondary N) is 1. The lowest BCUT2D eigenvalue weighted by molar-refractivity contribution is 0.0954. The lowest BCUT2D eigenvalue weighted by Crippen LogP contribution is -2.26. The summed E-state index contributed by atoms with van der Waals surface area (Å²) in [6.45, 7) is 0.622. The molecule has 2 heteroatoms. The van der Waals surface area contributed by atoms with E-state index in [0.717, 1.165) is 22.8 Å². The topological polar surface area (TPSA) is 29.1 Å². The highest BCUT2D eigenvalue weighted by molar-refractivity contribution is 6.06. The maximum Gasteiger partial charge on any atom is 0.251 e. The number of fused-ring (bicyclic) bond motifs is 1. The first kappa shape index (κ1) is 18.0. The molecular formula is C26H23NO. The largest absolute Gasteiger partial charge is 0.352 e. The Balaban J connectivity index is 1.50. The van der Waals surface area contributed by atoms with Gasteiger partial charge in [0.25, 0.3) is 5.91 Å². The Labute approximate surface area is 165 Å². The van der Waals surface area contributed by atoms with Crippen LogP contribution in [0.1, 0.15) is 33.8 Å². The molecule has 138 valence electrons. The molecule has 0 saturated carbocycles. The molecule has 0 aliphatic carbocycles. The minimum Gasteiger partial charge on any atom is -0.352 e. The van der Waals surface area contributed by atoms with E-state index in [1.54, 1.807) is 0 Å². The van der Waals surface area contributed by atoms with Crippen molar-refractivity contribution in [3.63, 3.8) is 0 Å². The smallest absolute Gasteiger partial charge is 0.251 e. The van der Waals surface area contributed by atoms with Crippen LogP contribution >= 0.6 is 0 Å². The van der Waals surface area contributed by atoms with Crippen LogP contribution in [-0.4, -0.2) is 12.5 Å². The van der Waals surface area contributed by atoms with E-state index < -0.39 is 0 Å². The van der Waals surface area contributed by atoms with Crippen molar-refractivity contribution in [1.29, 1.82) is 0 Å². The van der Waals surface area contributed by atoms with Crippen LogP contribution < -0.4 is 5.32 Å². The van der Waals surface area contributed by atoms with Crippen LogP contribution in [0.5, 0.6) is 0 Å². The van der Waals surface area contributed by atoms with Crippen molar-refractivity contribution >= 4 is 16.7 Å². The summed E-state index contributed by atoms with van der Waals surface area (Å²) in [4.78, 5) is 12.8. The lowest BCUT2D eigenvalue weighted by atomic mass is 9.88. The minimum absolute atomic E-state index is 0.0170. The maximum atomic E-state index is 12.8. The van der Waals surface area contributed by atoms with Gasteiger partial charge in [0, 0.05) is 18.0 Å². The summed E-state index contributed by atoms with van der Waals surface area (Å²) in [6, 6.07) is 34.8. The van der Waals surface area contributed by atoms with Gasteiger partial charge in [-0.05, 0) is 34.4 Å². The predicted octanol–water partition coefficient (Wildman–Crippen LogP) is 5.79. The van der Waals surface area contributed by atoms with Crippen LogP contribution in [0.25, 0.3) is 10.8 Å². The summed E-state index contributed by atoms with van der Waals surface area (Å²) in [5.74, 6) is 0.242. The van der Waals surface area contributed by atoms with Crippen molar-refractivity contribution in [2.45, 2.75) is 12.3 Å². The Morgan fingerprint density at radius 1 is 0.679 bits per heavy atom. The highest BCUT2D eigenvalue weighted by Gasteiger charge is 2.15. The zero-order valence-electron chi connectivity index (χ0n) is 15.7. The summed E-state index contributed by atoms with van der Waals surface area (Å²) in [6.07, 6.45) is 0.852. The van der Waals surface area contributed by atoms with E-state index in [1.807, 2.05) is 54.6 Å². The van der Waals surface area contributed by atoms with Gasteiger partial charge in [0.2, 0.25) is 0 Å². The first-order valence-electron chi connectivity index (χ1n) is 9.69. The van der Waals surface area contributed by atoms with Crippen LogP contribution in [0, 0.1) is 0 Å². The second-order valence-corrected chi connectivity index (χ2v) is 6.95. The molecule has 4 aromatic rings. The van der Waals surface area contributed by atoms with Crippen LogP contribution in [0.4, 0.5) is 0 Å². The minimum atomic E-state index is -0.0170. The van der Waals surface area contributed by atoms with Gasteiger partial charge >= 0.3 is 0 Å². The monoisotopic (exact) mass is 365 g/mol. The second kappa shape index (κ2) is 8.53. The summed E-state index contributed by atoms with van der Waals surface area (Å²) in [5.41, 5.74) is 3.27. The highest BCUT2D eigenvalue weighted by atomic mass is 16.1. The molecule has 0 unspecified atom stereocenters. The molecule has 4 aromatic carbocycles. The lowest BCUT2D eigenvalue weighted by Gasteiger charge is -2.18. The van der Waals surface area contributed by atoms with Crippen LogP contribution in [0.15, 0.2) is 103 Å². The molecule has 0 fully saturated rings. The quantitative estimate of drug-likeness (QED) is 0.460. The maximum absolute atomic E-state index is 12.8. The third-order valence-corrected chi connectivity index (χ3v) is 5.16. The Hall–Kier alpha value is -3.39. The molecule has 0 spiro atoms. The highest BCUT2D eigenvalue weighted by Crippen LogP contribution is 2.27. The number of rotatable bonds is 6. The Morgan fingerprint density at radius 3 is 1.93 bits per heavy atom. The molecule has 28 heavy (non-hydrogen) atoms. The van der Waals surface area contributed by atoms with Gasteiger partial charge in [-0.1, -0.05) is 97.1 Å². The van der Waals surface area contributed by atoms with Crippen LogP contribution in [0.2, 0.25) is 0 Å². The van der Waals surface area contributed by atoms with Crippen LogP contribution in [0.3, 0.4) is 0 Å². The third kappa shape index (κ3) is 3.96. The first-order chi connectivity index (χ1) is 13.8. The second-order valence-electron chi connectivity index (χ2n) is 6.95. The van der Waals surface area contributed by atoms with E-state index >= 15 is 0 Å². The molecule has 1 N–H and O–H groups in total. The molecule has 2 nitrogen and oxygen atoms in total. The van der Waals surface area contributed by atoms with E-state index in [1.165, 1.54) is 11.1 Å². The summed E-state index contributed by atoms with van der Waals surface area (Å²) in [7, 11) is 0. The molecule has 1 amide bonds. The molecule has 0 heterocycles. The van der Waals surface area contributed by atoms with Crippen molar-refractivity contribution in [3.8, 4) is 0 Å². The summed E-state index contributed by atoms with van der Waals surface area (Å²) < 4.78 is 0. The Bertz CT molecular complexity index is 1010. The van der Waals surface area contributed by atoms with E-state index in [0.29, 0.717) is 6.54 Å². The van der Waals surface area contributed by atoms with E-state index in [-0.39, 0.29) is 11.8 Å². The standard InChI is InChI=1S/C26H23NO/c28-26(25-17-9-15-22-14-7-8-16-24(22)25)27-19-18-23(20-10-3-1-4-11-20)21-12-5-2-6-13-21/h1-17,23H,18-19H2,(H,27,28). The zero-order valence-corrected chi connectivity index (χ0v) is 15.7. The fraction of sp³-hybridized carbons (Fsp3) is 0.115. The molecule has 0 atom stereocenters. The SMILES string of the molecule is O=C(NCCC(c1ccccc1)c1ccccc1)c1cccc2ccccc12. The van der Waals surface area contributed by atoms with Crippen molar-refractivity contribution < 1.29 is 4.79 Å². The fourth-order valence-corrected chi connectivity index (χ4v) is 3.75. The van der Waals surface area contributed by atoms with Gasteiger partial charge in [0.1, 0.15) is 0 Å². The van der Waals surface area contributed by atoms with Crippen LogP contribution in [-0.2, 0) is 0 Å². The molecule has 0 saturated heterocycles. The van der Waals surface area contributed by atoms with E-state index in [2.05, 4.69) is 53.8 Å². The Morgan fingerprint density at radius 2 is 1.25 bits per heavy atom. The van der Waals surface area contributed by atoms with E-state index in [4.69, 9.17) is 0 Å². The van der Waals surface area contributed by atoms with Gasteiger partial charge in [0.15, 0.2) is 0 Å². The number of carbonyl (C=O) groups is 1. The Kier molecular flexibility index (Phi) is 5.48. The number of amides is 1. The molecule has 0 radical (unpaired) electrons.